The van der Waals surface area contributed by atoms with Crippen LogP contribution in [0.25, 0.3) is 5.57 Å². The number of nitrogens with zero attached hydrogens (tertiary/aromatic N) is 2. The lowest BCUT2D eigenvalue weighted by atomic mass is 9.88. The second kappa shape index (κ2) is 5.92. The first-order chi connectivity index (χ1) is 11.5. The highest BCUT2D eigenvalue weighted by molar-refractivity contribution is 5.98. The zero-order valence-corrected chi connectivity index (χ0v) is 12.1. The van der Waals surface area contributed by atoms with Crippen molar-refractivity contribution in [2.24, 2.45) is 0 Å². The number of carbonyl (C=O) groups is 1. The van der Waals surface area contributed by atoms with Crippen molar-refractivity contribution < 1.29 is 19.4 Å². The molecule has 8 nitrogen and oxygen atoms in total. The fourth-order valence-corrected chi connectivity index (χ4v) is 2.50. The lowest BCUT2D eigenvalue weighted by molar-refractivity contribution is -0.385. The highest BCUT2D eigenvalue weighted by Gasteiger charge is 2.33. The third-order valence-corrected chi connectivity index (χ3v) is 3.70. The van der Waals surface area contributed by atoms with Gasteiger partial charge in [0.2, 0.25) is 0 Å². The van der Waals surface area contributed by atoms with Gasteiger partial charge in [0, 0.05) is 29.8 Å². The number of nitro groups is 2. The highest BCUT2D eigenvalue weighted by atomic mass is 16.6. The van der Waals surface area contributed by atoms with Gasteiger partial charge in [-0.15, -0.1) is 0 Å². The quantitative estimate of drug-likeness (QED) is 0.484. The normalized spacial score (nSPS) is 16.4. The number of benzene rings is 2. The minimum Gasteiger partial charge on any atom is -0.433 e. The number of carbonyl (C=O) groups excluding carboxylic acids is 1. The van der Waals surface area contributed by atoms with Crippen molar-refractivity contribution >= 4 is 22.9 Å². The molecule has 2 aromatic rings. The Morgan fingerprint density at radius 1 is 0.833 bits per heavy atom. The minimum absolute atomic E-state index is 0.0588. The molecule has 0 amide bonds. The molecule has 1 aliphatic rings. The maximum absolute atomic E-state index is 12.0. The van der Waals surface area contributed by atoms with Crippen LogP contribution in [-0.4, -0.2) is 15.8 Å². The molecule has 1 unspecified atom stereocenters. The largest absolute Gasteiger partial charge is 0.433 e. The Morgan fingerprint density at radius 3 is 1.83 bits per heavy atom. The number of hydrogen-bond acceptors (Lipinski definition) is 6. The van der Waals surface area contributed by atoms with Gasteiger partial charge >= 0.3 is 5.97 Å². The summed E-state index contributed by atoms with van der Waals surface area (Å²) in [5.74, 6) is -1.23. The molecule has 3 rings (SSSR count). The van der Waals surface area contributed by atoms with E-state index in [1.165, 1.54) is 54.8 Å². The molecule has 8 heteroatoms. The van der Waals surface area contributed by atoms with Crippen molar-refractivity contribution in [3.8, 4) is 0 Å². The maximum atomic E-state index is 12.0. The van der Waals surface area contributed by atoms with Crippen LogP contribution in [0.1, 0.15) is 17.0 Å². The van der Waals surface area contributed by atoms with Crippen LogP contribution in [-0.2, 0) is 9.53 Å². The van der Waals surface area contributed by atoms with Gasteiger partial charge in [-0.2, -0.15) is 0 Å². The Balaban J connectivity index is 1.94. The first-order valence-electron chi connectivity index (χ1n) is 6.87. The summed E-state index contributed by atoms with van der Waals surface area (Å²) in [6.07, 6.45) is 1.30. The van der Waals surface area contributed by atoms with Crippen LogP contribution >= 0.6 is 0 Å². The summed E-state index contributed by atoms with van der Waals surface area (Å²) in [4.78, 5) is 32.4. The van der Waals surface area contributed by atoms with E-state index < -0.39 is 21.7 Å². The van der Waals surface area contributed by atoms with Crippen LogP contribution in [0.4, 0.5) is 11.4 Å². The predicted molar refractivity (Wildman–Crippen MR) is 83.0 cm³/mol. The summed E-state index contributed by atoms with van der Waals surface area (Å²) in [5.41, 5.74) is 1.56. The average molecular weight is 326 g/mol. The lowest BCUT2D eigenvalue weighted by Crippen LogP contribution is -2.09. The lowest BCUT2D eigenvalue weighted by Gasteiger charge is -2.11. The van der Waals surface area contributed by atoms with Gasteiger partial charge < -0.3 is 4.74 Å². The molecule has 0 aliphatic carbocycles. The van der Waals surface area contributed by atoms with Crippen molar-refractivity contribution in [3.63, 3.8) is 0 Å². The fraction of sp³-hybridized carbons (Fsp3) is 0.0625. The number of ether oxygens (including phenoxy) is 1. The van der Waals surface area contributed by atoms with E-state index in [-0.39, 0.29) is 11.4 Å². The van der Waals surface area contributed by atoms with Crippen LogP contribution in [0.5, 0.6) is 0 Å². The maximum Gasteiger partial charge on any atom is 0.322 e. The second-order valence-electron chi connectivity index (χ2n) is 5.10. The standard InChI is InChI=1S/C16H10N2O6/c19-16-15(11-3-7-13(8-4-11)18(22)23)14(9-24-16)10-1-5-12(6-2-10)17(20)21/h1-9,15H. The average Bonchev–Trinajstić information content (AvgIpc) is 2.96. The van der Waals surface area contributed by atoms with E-state index >= 15 is 0 Å². The minimum atomic E-state index is -0.729. The molecule has 1 aliphatic heterocycles. The first-order valence-corrected chi connectivity index (χ1v) is 6.87. The zero-order valence-electron chi connectivity index (χ0n) is 12.1. The van der Waals surface area contributed by atoms with Gasteiger partial charge in [0.15, 0.2) is 0 Å². The van der Waals surface area contributed by atoms with Gasteiger partial charge in [0.25, 0.3) is 11.4 Å². The molecule has 0 aromatic heterocycles. The van der Waals surface area contributed by atoms with Gasteiger partial charge in [-0.05, 0) is 23.3 Å². The molecule has 1 heterocycles. The molecule has 24 heavy (non-hydrogen) atoms. The van der Waals surface area contributed by atoms with E-state index in [1.54, 1.807) is 0 Å². The molecule has 0 radical (unpaired) electrons. The van der Waals surface area contributed by atoms with Gasteiger partial charge in [-0.25, -0.2) is 0 Å². The van der Waals surface area contributed by atoms with E-state index in [4.69, 9.17) is 4.74 Å². The summed E-state index contributed by atoms with van der Waals surface area (Å²) in [6, 6.07) is 11.4. The Bertz CT molecular complexity index is 855. The van der Waals surface area contributed by atoms with Crippen LogP contribution in [0, 0.1) is 20.2 Å². The molecule has 120 valence electrons. The smallest absolute Gasteiger partial charge is 0.322 e. The number of non-ortho nitro benzene ring substituents is 2. The molecule has 0 fully saturated rings. The highest BCUT2D eigenvalue weighted by Crippen LogP contribution is 2.38. The molecule has 2 aromatic carbocycles. The molecular formula is C16H10N2O6. The number of rotatable bonds is 4. The monoisotopic (exact) mass is 326 g/mol. The van der Waals surface area contributed by atoms with Crippen molar-refractivity contribution in [2.75, 3.05) is 0 Å². The summed E-state index contributed by atoms with van der Waals surface area (Å²) in [6.45, 7) is 0. The Labute approximate surface area is 135 Å². The number of esters is 1. The van der Waals surface area contributed by atoms with Crippen molar-refractivity contribution in [1.82, 2.24) is 0 Å². The predicted octanol–water partition coefficient (Wildman–Crippen LogP) is 3.18. The number of hydrogen-bond donors (Lipinski definition) is 0. The number of nitro benzene ring substituents is 2. The zero-order chi connectivity index (χ0) is 17.3. The van der Waals surface area contributed by atoms with Crippen molar-refractivity contribution in [2.45, 2.75) is 5.92 Å². The van der Waals surface area contributed by atoms with Crippen LogP contribution in [0.3, 0.4) is 0 Å². The Kier molecular flexibility index (Phi) is 3.78. The van der Waals surface area contributed by atoms with Crippen LogP contribution in [0.15, 0.2) is 54.8 Å². The second-order valence-corrected chi connectivity index (χ2v) is 5.10. The van der Waals surface area contributed by atoms with E-state index in [0.29, 0.717) is 16.7 Å². The Morgan fingerprint density at radius 2 is 1.33 bits per heavy atom. The fourth-order valence-electron chi connectivity index (χ4n) is 2.50. The molecule has 0 saturated heterocycles. The first kappa shape index (κ1) is 15.3. The molecular weight excluding hydrogens is 316 g/mol. The van der Waals surface area contributed by atoms with Crippen LogP contribution in [0.2, 0.25) is 0 Å². The molecule has 0 saturated carbocycles. The molecule has 0 N–H and O–H groups in total. The summed E-state index contributed by atoms with van der Waals surface area (Å²) in [7, 11) is 0. The SMILES string of the molecule is O=C1OC=C(c2ccc([N+](=O)[O-])cc2)C1c1ccc([N+](=O)[O-])cc1. The van der Waals surface area contributed by atoms with Gasteiger partial charge in [0.1, 0.15) is 5.92 Å². The van der Waals surface area contributed by atoms with Crippen molar-refractivity contribution in [3.05, 3.63) is 86.1 Å². The van der Waals surface area contributed by atoms with E-state index in [1.807, 2.05) is 0 Å². The summed E-state index contributed by atoms with van der Waals surface area (Å²) >= 11 is 0. The van der Waals surface area contributed by atoms with Gasteiger partial charge in [0.05, 0.1) is 16.1 Å². The van der Waals surface area contributed by atoms with Gasteiger partial charge in [-0.1, -0.05) is 12.1 Å². The molecule has 0 bridgehead atoms. The third-order valence-electron chi connectivity index (χ3n) is 3.70. The number of cyclic esters (lactones) is 1. The van der Waals surface area contributed by atoms with E-state index in [2.05, 4.69) is 0 Å². The Hall–Kier alpha value is -3.55. The molecule has 1 atom stereocenters. The van der Waals surface area contributed by atoms with E-state index in [0.717, 1.165) is 0 Å². The third kappa shape index (κ3) is 2.72. The van der Waals surface area contributed by atoms with E-state index in [9.17, 15) is 25.0 Å². The van der Waals surface area contributed by atoms with Crippen molar-refractivity contribution in [1.29, 1.82) is 0 Å². The van der Waals surface area contributed by atoms with Crippen LogP contribution < -0.4 is 0 Å². The molecule has 0 spiro atoms. The summed E-state index contributed by atoms with van der Waals surface area (Å²) in [5, 5.41) is 21.4. The summed E-state index contributed by atoms with van der Waals surface area (Å²) < 4.78 is 4.97. The van der Waals surface area contributed by atoms with Gasteiger partial charge in [-0.3, -0.25) is 25.0 Å². The topological polar surface area (TPSA) is 113 Å².